The number of fused-ring (bicyclic) bond motifs is 5. The molecule has 0 atom stereocenters. The van der Waals surface area contributed by atoms with E-state index in [1.807, 2.05) is 41.5 Å². The molecule has 0 aliphatic carbocycles. The summed E-state index contributed by atoms with van der Waals surface area (Å²) in [6.07, 6.45) is 2.99. The zero-order valence-electron chi connectivity index (χ0n) is 28.4. The Morgan fingerprint density at radius 3 is 2.09 bits per heavy atom. The van der Waals surface area contributed by atoms with Crippen molar-refractivity contribution < 1.29 is 30.0 Å². The van der Waals surface area contributed by atoms with Gasteiger partial charge in [0.05, 0.1) is 5.52 Å². The molecule has 0 saturated heterocycles. The van der Waals surface area contributed by atoms with Crippen molar-refractivity contribution in [1.29, 1.82) is 0 Å². The average molecular weight is 780 g/mol. The zero-order chi connectivity index (χ0) is 32.4. The third-order valence-electron chi connectivity index (χ3n) is 8.92. The summed E-state index contributed by atoms with van der Waals surface area (Å²) in [4.78, 5) is 21.8. The fraction of sp³-hybridized carbons (Fsp3) is 0.375. The molecule has 0 spiro atoms. The molecule has 5 heteroatoms. The summed E-state index contributed by atoms with van der Waals surface area (Å²) in [5.74, 6) is 1.32. The number of ketones is 1. The van der Waals surface area contributed by atoms with Gasteiger partial charge in [-0.15, -0.1) is 34.9 Å². The van der Waals surface area contributed by atoms with E-state index >= 15 is 0 Å². The molecule has 0 saturated carbocycles. The SMILES string of the molecule is CCC(C)(C)C(=O)/C=C(\O)C(C)(C)CC.Cc1[c-]c(-c2nc(C(C)C)nc3c2ccc2c4ccccc4ccc23)cc(C)c1.[Ir]. The van der Waals surface area contributed by atoms with Crippen LogP contribution in [0.3, 0.4) is 0 Å². The van der Waals surface area contributed by atoms with Crippen LogP contribution in [0.4, 0.5) is 0 Å². The Bertz CT molecular complexity index is 1850. The van der Waals surface area contributed by atoms with Crippen LogP contribution in [0.25, 0.3) is 43.7 Å². The zero-order valence-corrected chi connectivity index (χ0v) is 30.8. The summed E-state index contributed by atoms with van der Waals surface area (Å²) in [7, 11) is 0. The molecule has 0 bridgehead atoms. The Morgan fingerprint density at radius 1 is 0.844 bits per heavy atom. The number of carbonyl (C=O) groups is 1. The summed E-state index contributed by atoms with van der Waals surface area (Å²) >= 11 is 0. The van der Waals surface area contributed by atoms with Crippen molar-refractivity contribution in [2.45, 2.75) is 88.0 Å². The van der Waals surface area contributed by atoms with Crippen LogP contribution in [0, 0.1) is 30.7 Å². The molecular formula is C40H47IrN2O2-. The predicted molar refractivity (Wildman–Crippen MR) is 186 cm³/mol. The van der Waals surface area contributed by atoms with Crippen LogP contribution in [0.5, 0.6) is 0 Å². The van der Waals surface area contributed by atoms with Crippen molar-refractivity contribution in [3.05, 3.63) is 95.5 Å². The number of aryl methyl sites for hydroxylation is 2. The molecular weight excluding hydrogens is 733 g/mol. The van der Waals surface area contributed by atoms with Crippen molar-refractivity contribution in [3.8, 4) is 11.3 Å². The maximum atomic E-state index is 11.8. The van der Waals surface area contributed by atoms with E-state index in [0.29, 0.717) is 0 Å². The fourth-order valence-corrected chi connectivity index (χ4v) is 5.05. The first-order valence-electron chi connectivity index (χ1n) is 15.8. The molecule has 5 rings (SSSR count). The monoisotopic (exact) mass is 780 g/mol. The summed E-state index contributed by atoms with van der Waals surface area (Å²) in [6, 6.07) is 25.1. The van der Waals surface area contributed by atoms with Gasteiger partial charge in [-0.3, -0.25) is 9.78 Å². The number of allylic oxidation sites excluding steroid dienone is 2. The molecule has 45 heavy (non-hydrogen) atoms. The van der Waals surface area contributed by atoms with Crippen molar-refractivity contribution in [2.24, 2.45) is 10.8 Å². The smallest absolute Gasteiger partial charge is 0.164 e. The Labute approximate surface area is 282 Å². The van der Waals surface area contributed by atoms with Crippen LogP contribution >= 0.6 is 0 Å². The van der Waals surface area contributed by atoms with E-state index in [2.05, 4.69) is 94.4 Å². The molecule has 0 amide bonds. The Balaban J connectivity index is 0.000000297. The average Bonchev–Trinajstić information content (AvgIpc) is 2.99. The molecule has 4 aromatic carbocycles. The molecule has 0 aliphatic rings. The molecule has 0 aliphatic heterocycles. The first-order valence-corrected chi connectivity index (χ1v) is 15.8. The summed E-state index contributed by atoms with van der Waals surface area (Å²) in [6.45, 7) is 20.2. The molecule has 1 radical (unpaired) electrons. The largest absolute Gasteiger partial charge is 0.512 e. The molecule has 0 fully saturated rings. The van der Waals surface area contributed by atoms with E-state index in [0.717, 1.165) is 46.4 Å². The van der Waals surface area contributed by atoms with Gasteiger partial charge in [0, 0.05) is 48.3 Å². The standard InChI is InChI=1S/C27H23N2.C13H24O2.Ir/c1-16(2)27-28-25(20-14-17(3)13-18(4)15-20)24-12-11-22-21-8-6-5-7-19(21)9-10-23(22)26(24)29-27;1-7-12(3,4)10(14)9-11(15)13(5,6)8-2;/h5-14,16H,1-4H3;9,14H,7-8H2,1-6H3;/q-1;;/b;10-9-;. The third-order valence-corrected chi connectivity index (χ3v) is 8.92. The fourth-order valence-electron chi connectivity index (χ4n) is 5.05. The van der Waals surface area contributed by atoms with Crippen molar-refractivity contribution >= 4 is 38.2 Å². The van der Waals surface area contributed by atoms with Crippen molar-refractivity contribution in [1.82, 2.24) is 9.97 Å². The molecule has 239 valence electrons. The number of rotatable bonds is 7. The van der Waals surface area contributed by atoms with Gasteiger partial charge in [0.1, 0.15) is 11.6 Å². The molecule has 1 aromatic heterocycles. The quantitative estimate of drug-likeness (QED) is 0.0773. The van der Waals surface area contributed by atoms with Gasteiger partial charge in [-0.1, -0.05) is 118 Å². The number of benzene rings is 4. The normalized spacial score (nSPS) is 12.3. The van der Waals surface area contributed by atoms with Gasteiger partial charge in [-0.25, -0.2) is 4.98 Å². The number of carbonyl (C=O) groups excluding carboxylic acids is 1. The Kier molecular flexibility index (Phi) is 11.5. The number of hydrogen-bond acceptors (Lipinski definition) is 4. The van der Waals surface area contributed by atoms with Crippen LogP contribution < -0.4 is 0 Å². The Morgan fingerprint density at radius 2 is 1.47 bits per heavy atom. The Hall–Kier alpha value is -3.40. The van der Waals surface area contributed by atoms with Gasteiger partial charge in [-0.2, -0.15) is 0 Å². The van der Waals surface area contributed by atoms with E-state index in [1.54, 1.807) is 0 Å². The van der Waals surface area contributed by atoms with Crippen LogP contribution in [-0.2, 0) is 24.9 Å². The van der Waals surface area contributed by atoms with Crippen molar-refractivity contribution in [3.63, 3.8) is 0 Å². The molecule has 5 aromatic rings. The minimum atomic E-state index is -0.377. The molecule has 0 unspecified atom stereocenters. The van der Waals surface area contributed by atoms with Gasteiger partial charge in [0.25, 0.3) is 0 Å². The van der Waals surface area contributed by atoms with Gasteiger partial charge >= 0.3 is 0 Å². The maximum absolute atomic E-state index is 11.8. The number of aliphatic hydroxyl groups excluding tert-OH is 1. The summed E-state index contributed by atoms with van der Waals surface area (Å²) in [5.41, 5.74) is 4.70. The number of aromatic nitrogens is 2. The second-order valence-corrected chi connectivity index (χ2v) is 13.6. The second-order valence-electron chi connectivity index (χ2n) is 13.6. The predicted octanol–water partition coefficient (Wildman–Crippen LogP) is 11.0. The van der Waals surface area contributed by atoms with Gasteiger partial charge in [0.2, 0.25) is 0 Å². The van der Waals surface area contributed by atoms with Crippen LogP contribution in [-0.4, -0.2) is 20.9 Å². The van der Waals surface area contributed by atoms with Crippen LogP contribution in [0.15, 0.2) is 72.5 Å². The number of nitrogens with zero attached hydrogens (tertiary/aromatic N) is 2. The van der Waals surface area contributed by atoms with E-state index in [-0.39, 0.29) is 48.4 Å². The number of hydrogen-bond donors (Lipinski definition) is 1. The number of aliphatic hydroxyl groups is 1. The molecule has 1 heterocycles. The van der Waals surface area contributed by atoms with Gasteiger partial charge < -0.3 is 5.11 Å². The van der Waals surface area contributed by atoms with Gasteiger partial charge in [-0.05, 0) is 40.1 Å². The minimum Gasteiger partial charge on any atom is -0.512 e. The van der Waals surface area contributed by atoms with E-state index < -0.39 is 0 Å². The van der Waals surface area contributed by atoms with E-state index in [4.69, 9.17) is 9.97 Å². The van der Waals surface area contributed by atoms with Crippen LogP contribution in [0.2, 0.25) is 0 Å². The summed E-state index contributed by atoms with van der Waals surface area (Å²) in [5, 5.41) is 15.9. The first-order chi connectivity index (χ1) is 20.7. The molecule has 1 N–H and O–H groups in total. The van der Waals surface area contributed by atoms with E-state index in [9.17, 15) is 9.90 Å². The second kappa shape index (κ2) is 14.4. The van der Waals surface area contributed by atoms with Crippen molar-refractivity contribution in [2.75, 3.05) is 0 Å². The third kappa shape index (κ3) is 7.88. The first kappa shape index (κ1) is 36.1. The summed E-state index contributed by atoms with van der Waals surface area (Å²) < 4.78 is 0. The van der Waals surface area contributed by atoms with Crippen LogP contribution in [0.1, 0.15) is 91.1 Å². The topological polar surface area (TPSA) is 63.1 Å². The minimum absolute atomic E-state index is 0. The van der Waals surface area contributed by atoms with E-state index in [1.165, 1.54) is 33.2 Å². The maximum Gasteiger partial charge on any atom is 0.164 e. The van der Waals surface area contributed by atoms with Gasteiger partial charge in [0.15, 0.2) is 5.78 Å². The molecule has 4 nitrogen and oxygen atoms in total.